The molecule has 1 N–H and O–H groups in total. The van der Waals surface area contributed by atoms with E-state index in [-0.39, 0.29) is 10.6 Å². The van der Waals surface area contributed by atoms with Crippen LogP contribution in [0.15, 0.2) is 51.9 Å². The van der Waals surface area contributed by atoms with Crippen molar-refractivity contribution in [2.75, 3.05) is 11.8 Å². The number of aryl methyl sites for hydroxylation is 1. The lowest BCUT2D eigenvalue weighted by Gasteiger charge is -2.13. The molecule has 0 radical (unpaired) electrons. The van der Waals surface area contributed by atoms with Gasteiger partial charge in [0, 0.05) is 18.6 Å². The lowest BCUT2D eigenvalue weighted by molar-refractivity contribution is 0.403. The average Bonchev–Trinajstić information content (AvgIpc) is 3.04. The van der Waals surface area contributed by atoms with Gasteiger partial charge >= 0.3 is 0 Å². The summed E-state index contributed by atoms with van der Waals surface area (Å²) < 4.78 is 65.0. The van der Waals surface area contributed by atoms with Crippen molar-refractivity contribution in [3.05, 3.63) is 60.1 Å². The number of oxazole rings is 1. The minimum Gasteiger partial charge on any atom is -0.495 e. The average molecular weight is 380 g/mol. The first-order chi connectivity index (χ1) is 12.3. The molecule has 0 spiro atoms. The number of nitrogens with one attached hydrogen (secondary N) is 1. The zero-order valence-electron chi connectivity index (χ0n) is 13.8. The number of halogens is 2. The van der Waals surface area contributed by atoms with Crippen LogP contribution in [0.25, 0.3) is 11.3 Å². The molecule has 0 saturated carbocycles. The van der Waals surface area contributed by atoms with Gasteiger partial charge in [0.05, 0.1) is 19.0 Å². The molecule has 0 atom stereocenters. The molecule has 2 aromatic carbocycles. The van der Waals surface area contributed by atoms with Crippen LogP contribution in [0.5, 0.6) is 5.75 Å². The van der Waals surface area contributed by atoms with Crippen LogP contribution in [0.1, 0.15) is 5.89 Å². The molecule has 0 bridgehead atoms. The molecule has 1 heterocycles. The molecule has 3 aromatic rings. The van der Waals surface area contributed by atoms with Gasteiger partial charge in [0.15, 0.2) is 11.7 Å². The number of benzene rings is 2. The number of anilines is 1. The van der Waals surface area contributed by atoms with Crippen molar-refractivity contribution in [2.45, 2.75) is 11.8 Å². The van der Waals surface area contributed by atoms with Gasteiger partial charge in [-0.15, -0.1) is 0 Å². The normalized spacial score (nSPS) is 11.4. The second-order valence-corrected chi connectivity index (χ2v) is 6.99. The minimum absolute atomic E-state index is 0.0364. The highest BCUT2D eigenvalue weighted by Crippen LogP contribution is 2.32. The lowest BCUT2D eigenvalue weighted by atomic mass is 10.2. The maximum absolute atomic E-state index is 13.8. The fourth-order valence-corrected chi connectivity index (χ4v) is 3.56. The third-order valence-electron chi connectivity index (χ3n) is 3.53. The lowest BCUT2D eigenvalue weighted by Crippen LogP contribution is -2.15. The molecule has 6 nitrogen and oxygen atoms in total. The third kappa shape index (κ3) is 3.52. The Bertz CT molecular complexity index is 1060. The van der Waals surface area contributed by atoms with Crippen molar-refractivity contribution < 1.29 is 26.4 Å². The van der Waals surface area contributed by atoms with E-state index in [2.05, 4.69) is 4.98 Å². The van der Waals surface area contributed by atoms with E-state index < -0.39 is 27.3 Å². The van der Waals surface area contributed by atoms with Crippen molar-refractivity contribution in [3.8, 4) is 17.1 Å². The molecule has 0 saturated heterocycles. The molecule has 3 rings (SSSR count). The number of ether oxygens (including phenoxy) is 1. The highest BCUT2D eigenvalue weighted by atomic mass is 32.2. The van der Waals surface area contributed by atoms with E-state index in [0.29, 0.717) is 17.2 Å². The Hall–Kier alpha value is -2.94. The van der Waals surface area contributed by atoms with Gasteiger partial charge in [-0.3, -0.25) is 4.72 Å². The number of hydrogen-bond donors (Lipinski definition) is 1. The maximum Gasteiger partial charge on any atom is 0.265 e. The van der Waals surface area contributed by atoms with Crippen LogP contribution < -0.4 is 9.46 Å². The zero-order valence-corrected chi connectivity index (χ0v) is 14.6. The predicted octanol–water partition coefficient (Wildman–Crippen LogP) is 3.74. The number of methoxy groups -OCH3 is 1. The maximum atomic E-state index is 13.8. The van der Waals surface area contributed by atoms with Gasteiger partial charge in [-0.1, -0.05) is 0 Å². The van der Waals surface area contributed by atoms with Gasteiger partial charge in [0.1, 0.15) is 22.3 Å². The van der Waals surface area contributed by atoms with Gasteiger partial charge < -0.3 is 9.15 Å². The SMILES string of the molecule is COc1ccc(-c2cnc(C)o2)cc1S(=O)(=O)Nc1cc(F)ccc1F. The summed E-state index contributed by atoms with van der Waals surface area (Å²) in [5, 5.41) is 0. The molecule has 26 heavy (non-hydrogen) atoms. The largest absolute Gasteiger partial charge is 0.495 e. The monoisotopic (exact) mass is 380 g/mol. The Balaban J connectivity index is 2.06. The minimum atomic E-state index is -4.26. The van der Waals surface area contributed by atoms with Crippen LogP contribution >= 0.6 is 0 Å². The Kier molecular flexibility index (Phi) is 4.64. The molecule has 0 unspecified atom stereocenters. The van der Waals surface area contributed by atoms with Crippen LogP contribution in [0.4, 0.5) is 14.5 Å². The highest BCUT2D eigenvalue weighted by molar-refractivity contribution is 7.92. The van der Waals surface area contributed by atoms with E-state index in [1.54, 1.807) is 13.0 Å². The molecule has 0 aliphatic carbocycles. The summed E-state index contributed by atoms with van der Waals surface area (Å²) in [5.41, 5.74) is -0.0699. The van der Waals surface area contributed by atoms with Crippen LogP contribution in [0.2, 0.25) is 0 Å². The summed E-state index contributed by atoms with van der Waals surface area (Å²) in [6, 6.07) is 6.81. The molecule has 9 heteroatoms. The van der Waals surface area contributed by atoms with Crippen LogP contribution in [0, 0.1) is 18.6 Å². The molecule has 0 amide bonds. The summed E-state index contributed by atoms with van der Waals surface area (Å²) in [7, 11) is -2.96. The van der Waals surface area contributed by atoms with Crippen molar-refractivity contribution in [1.82, 2.24) is 4.98 Å². The van der Waals surface area contributed by atoms with Crippen molar-refractivity contribution in [1.29, 1.82) is 0 Å². The van der Waals surface area contributed by atoms with Crippen molar-refractivity contribution in [2.24, 2.45) is 0 Å². The van der Waals surface area contributed by atoms with Gasteiger partial charge in [0.2, 0.25) is 0 Å². The second kappa shape index (κ2) is 6.75. The molecule has 1 aromatic heterocycles. The second-order valence-electron chi connectivity index (χ2n) is 5.34. The Morgan fingerprint density at radius 1 is 1.15 bits per heavy atom. The molecular formula is C17H14F2N2O4S. The summed E-state index contributed by atoms with van der Waals surface area (Å²) >= 11 is 0. The topological polar surface area (TPSA) is 81.4 Å². The number of nitrogens with zero attached hydrogens (tertiary/aromatic N) is 1. The number of aromatic nitrogens is 1. The van der Waals surface area contributed by atoms with Gasteiger partial charge in [-0.05, 0) is 30.3 Å². The van der Waals surface area contributed by atoms with E-state index in [1.165, 1.54) is 25.4 Å². The molecule has 0 aliphatic rings. The van der Waals surface area contributed by atoms with Crippen molar-refractivity contribution >= 4 is 15.7 Å². The van der Waals surface area contributed by atoms with E-state index in [9.17, 15) is 17.2 Å². The first-order valence-corrected chi connectivity index (χ1v) is 8.87. The fourth-order valence-electron chi connectivity index (χ4n) is 2.31. The van der Waals surface area contributed by atoms with Gasteiger partial charge in [-0.25, -0.2) is 22.2 Å². The Morgan fingerprint density at radius 2 is 1.92 bits per heavy atom. The van der Waals surface area contributed by atoms with Gasteiger partial charge in [-0.2, -0.15) is 0 Å². The highest BCUT2D eigenvalue weighted by Gasteiger charge is 2.23. The van der Waals surface area contributed by atoms with Crippen LogP contribution in [0.3, 0.4) is 0 Å². The molecule has 0 fully saturated rings. The summed E-state index contributed by atoms with van der Waals surface area (Å²) in [6.07, 6.45) is 1.45. The first kappa shape index (κ1) is 17.9. The Morgan fingerprint density at radius 3 is 2.58 bits per heavy atom. The number of hydrogen-bond acceptors (Lipinski definition) is 5. The fraction of sp³-hybridized carbons (Fsp3) is 0.118. The molecule has 0 aliphatic heterocycles. The van der Waals surface area contributed by atoms with Gasteiger partial charge in [0.25, 0.3) is 10.0 Å². The van der Waals surface area contributed by atoms with E-state index in [1.807, 2.05) is 4.72 Å². The predicted molar refractivity (Wildman–Crippen MR) is 90.4 cm³/mol. The Labute approximate surface area is 148 Å². The summed E-state index contributed by atoms with van der Waals surface area (Å²) in [4.78, 5) is 3.71. The smallest absolute Gasteiger partial charge is 0.265 e. The van der Waals surface area contributed by atoms with E-state index in [4.69, 9.17) is 9.15 Å². The standard InChI is InChI=1S/C17H14F2N2O4S/c1-10-20-9-16(25-10)11-3-6-15(24-2)17(7-11)26(22,23)21-14-8-12(18)4-5-13(14)19/h3-9,21H,1-2H3. The zero-order chi connectivity index (χ0) is 18.9. The molecule has 136 valence electrons. The quantitative estimate of drug-likeness (QED) is 0.729. The van der Waals surface area contributed by atoms with E-state index in [0.717, 1.165) is 18.2 Å². The van der Waals surface area contributed by atoms with E-state index >= 15 is 0 Å². The summed E-state index contributed by atoms with van der Waals surface area (Å²) in [6.45, 7) is 1.65. The number of rotatable bonds is 5. The first-order valence-electron chi connectivity index (χ1n) is 7.39. The van der Waals surface area contributed by atoms with Crippen molar-refractivity contribution in [3.63, 3.8) is 0 Å². The van der Waals surface area contributed by atoms with Crippen LogP contribution in [-0.2, 0) is 10.0 Å². The number of sulfonamides is 1. The third-order valence-corrected chi connectivity index (χ3v) is 4.92. The molecular weight excluding hydrogens is 366 g/mol. The summed E-state index contributed by atoms with van der Waals surface area (Å²) in [5.74, 6) is -0.870. The van der Waals surface area contributed by atoms with Crippen LogP contribution in [-0.4, -0.2) is 20.5 Å².